The minimum absolute atomic E-state index is 0.387. The second-order valence-electron chi connectivity index (χ2n) is 7.31. The van der Waals surface area contributed by atoms with Crippen LogP contribution in [0.2, 0.25) is 0 Å². The minimum atomic E-state index is 0.387. The lowest BCUT2D eigenvalue weighted by Gasteiger charge is -2.23. The van der Waals surface area contributed by atoms with E-state index in [9.17, 15) is 0 Å². The van der Waals surface area contributed by atoms with Crippen LogP contribution in [-0.2, 0) is 9.47 Å². The summed E-state index contributed by atoms with van der Waals surface area (Å²) in [6.45, 7) is 12.5. The molecule has 24 heavy (non-hydrogen) atoms. The van der Waals surface area contributed by atoms with E-state index in [1.165, 1.54) is 0 Å². The summed E-state index contributed by atoms with van der Waals surface area (Å²) in [5, 5.41) is 6.99. The summed E-state index contributed by atoms with van der Waals surface area (Å²) in [5.41, 5.74) is 0. The van der Waals surface area contributed by atoms with Crippen molar-refractivity contribution in [3.8, 4) is 0 Å². The van der Waals surface area contributed by atoms with Gasteiger partial charge in [-0.15, -0.1) is 0 Å². The van der Waals surface area contributed by atoms with Crippen LogP contribution in [0.25, 0.3) is 0 Å². The van der Waals surface area contributed by atoms with Crippen LogP contribution in [0.5, 0.6) is 0 Å². The Morgan fingerprint density at radius 2 is 2.04 bits per heavy atom. The summed E-state index contributed by atoms with van der Waals surface area (Å²) in [6.07, 6.45) is 3.44. The molecule has 2 fully saturated rings. The van der Waals surface area contributed by atoms with Crippen LogP contribution < -0.4 is 10.6 Å². The molecule has 0 aromatic heterocycles. The van der Waals surface area contributed by atoms with Crippen molar-refractivity contribution in [2.24, 2.45) is 10.9 Å². The predicted molar refractivity (Wildman–Crippen MR) is 98.6 cm³/mol. The van der Waals surface area contributed by atoms with Gasteiger partial charge in [0.15, 0.2) is 5.96 Å². The van der Waals surface area contributed by atoms with Crippen LogP contribution >= 0.6 is 0 Å². The molecule has 0 aromatic carbocycles. The Bertz CT molecular complexity index is 383. The van der Waals surface area contributed by atoms with Gasteiger partial charge in [-0.25, -0.2) is 0 Å². The van der Waals surface area contributed by atoms with Crippen LogP contribution in [0.1, 0.15) is 40.0 Å². The van der Waals surface area contributed by atoms with Crippen molar-refractivity contribution in [3.05, 3.63) is 0 Å². The molecule has 2 aliphatic heterocycles. The maximum Gasteiger partial charge on any atom is 0.191 e. The smallest absolute Gasteiger partial charge is 0.191 e. The van der Waals surface area contributed by atoms with Crippen LogP contribution in [0, 0.1) is 5.92 Å². The Morgan fingerprint density at radius 1 is 1.29 bits per heavy atom. The molecule has 140 valence electrons. The molecule has 0 radical (unpaired) electrons. The summed E-state index contributed by atoms with van der Waals surface area (Å²) in [5.74, 6) is 1.55. The summed E-state index contributed by atoms with van der Waals surface area (Å²) in [7, 11) is 1.84. The Balaban J connectivity index is 1.60. The number of aliphatic imine (C=N–C) groups is 1. The van der Waals surface area contributed by atoms with Gasteiger partial charge in [0.25, 0.3) is 0 Å². The number of guanidine groups is 1. The SMILES string of the molecule is CN=C(NCCCOC1CCOCC1)NC1CN(C(C)C)CC1C. The molecule has 2 N–H and O–H groups in total. The van der Waals surface area contributed by atoms with E-state index in [0.717, 1.165) is 64.7 Å². The summed E-state index contributed by atoms with van der Waals surface area (Å²) < 4.78 is 11.2. The number of likely N-dealkylation sites (tertiary alicyclic amines) is 1. The zero-order valence-corrected chi connectivity index (χ0v) is 15.9. The monoisotopic (exact) mass is 340 g/mol. The first kappa shape index (κ1) is 19.5. The summed E-state index contributed by atoms with van der Waals surface area (Å²) in [4.78, 5) is 6.89. The van der Waals surface area contributed by atoms with E-state index < -0.39 is 0 Å². The molecule has 2 atom stereocenters. The first-order valence-corrected chi connectivity index (χ1v) is 9.50. The highest BCUT2D eigenvalue weighted by Gasteiger charge is 2.31. The molecular formula is C18H36N4O2. The third kappa shape index (κ3) is 6.22. The number of nitrogens with one attached hydrogen (secondary N) is 2. The number of hydrogen-bond acceptors (Lipinski definition) is 4. The highest BCUT2D eigenvalue weighted by molar-refractivity contribution is 5.80. The minimum Gasteiger partial charge on any atom is -0.381 e. The molecule has 0 aliphatic carbocycles. The lowest BCUT2D eigenvalue weighted by atomic mass is 10.1. The van der Waals surface area contributed by atoms with Crippen molar-refractivity contribution in [1.29, 1.82) is 0 Å². The topological polar surface area (TPSA) is 58.1 Å². The second-order valence-corrected chi connectivity index (χ2v) is 7.31. The van der Waals surface area contributed by atoms with Crippen molar-refractivity contribution >= 4 is 5.96 Å². The molecule has 0 saturated carbocycles. The van der Waals surface area contributed by atoms with Crippen LogP contribution in [0.3, 0.4) is 0 Å². The molecule has 2 aliphatic rings. The Hall–Kier alpha value is -0.850. The van der Waals surface area contributed by atoms with E-state index in [2.05, 4.69) is 41.3 Å². The standard InChI is InChI=1S/C18H36N4O2/c1-14(2)22-12-15(3)17(13-22)21-18(19-4)20-8-5-9-24-16-6-10-23-11-7-16/h14-17H,5-13H2,1-4H3,(H2,19,20,21). The molecule has 2 saturated heterocycles. The number of hydrogen-bond donors (Lipinski definition) is 2. The van der Waals surface area contributed by atoms with E-state index in [4.69, 9.17) is 9.47 Å². The van der Waals surface area contributed by atoms with E-state index in [1.807, 2.05) is 7.05 Å². The largest absolute Gasteiger partial charge is 0.381 e. The first-order valence-electron chi connectivity index (χ1n) is 9.50. The Morgan fingerprint density at radius 3 is 2.67 bits per heavy atom. The van der Waals surface area contributed by atoms with E-state index >= 15 is 0 Å². The van der Waals surface area contributed by atoms with Crippen LogP contribution in [0.15, 0.2) is 4.99 Å². The average molecular weight is 341 g/mol. The molecular weight excluding hydrogens is 304 g/mol. The third-order valence-corrected chi connectivity index (χ3v) is 5.05. The van der Waals surface area contributed by atoms with Crippen molar-refractivity contribution in [1.82, 2.24) is 15.5 Å². The van der Waals surface area contributed by atoms with Gasteiger partial charge in [0.05, 0.1) is 6.10 Å². The fourth-order valence-electron chi connectivity index (χ4n) is 3.36. The lowest BCUT2D eigenvalue weighted by Crippen LogP contribution is -2.47. The number of rotatable bonds is 7. The van der Waals surface area contributed by atoms with E-state index in [0.29, 0.717) is 24.1 Å². The van der Waals surface area contributed by atoms with Crippen LogP contribution in [0.4, 0.5) is 0 Å². The van der Waals surface area contributed by atoms with Crippen molar-refractivity contribution < 1.29 is 9.47 Å². The van der Waals surface area contributed by atoms with E-state index in [-0.39, 0.29) is 0 Å². The second kappa shape index (κ2) is 10.2. The van der Waals surface area contributed by atoms with Gasteiger partial charge in [0.2, 0.25) is 0 Å². The maximum atomic E-state index is 5.90. The zero-order chi connectivity index (χ0) is 17.4. The van der Waals surface area contributed by atoms with Gasteiger partial charge >= 0.3 is 0 Å². The van der Waals surface area contributed by atoms with Gasteiger partial charge < -0.3 is 20.1 Å². The fourth-order valence-corrected chi connectivity index (χ4v) is 3.36. The van der Waals surface area contributed by atoms with Gasteiger partial charge in [-0.1, -0.05) is 6.92 Å². The van der Waals surface area contributed by atoms with Crippen molar-refractivity contribution in [2.75, 3.05) is 46.5 Å². The van der Waals surface area contributed by atoms with E-state index in [1.54, 1.807) is 0 Å². The summed E-state index contributed by atoms with van der Waals surface area (Å²) >= 11 is 0. The van der Waals surface area contributed by atoms with Gasteiger partial charge in [-0.05, 0) is 39.0 Å². The lowest BCUT2D eigenvalue weighted by molar-refractivity contribution is -0.0320. The highest BCUT2D eigenvalue weighted by Crippen LogP contribution is 2.18. The maximum absolute atomic E-state index is 5.90. The molecule has 2 heterocycles. The van der Waals surface area contributed by atoms with Gasteiger partial charge in [-0.3, -0.25) is 9.89 Å². The average Bonchev–Trinajstić information content (AvgIpc) is 2.95. The molecule has 6 heteroatoms. The quantitative estimate of drug-likeness (QED) is 0.417. The Kier molecular flexibility index (Phi) is 8.29. The number of ether oxygens (including phenoxy) is 2. The summed E-state index contributed by atoms with van der Waals surface area (Å²) in [6, 6.07) is 1.08. The number of nitrogens with zero attached hydrogens (tertiary/aromatic N) is 2. The molecule has 2 unspecified atom stereocenters. The fraction of sp³-hybridized carbons (Fsp3) is 0.944. The predicted octanol–water partition coefficient (Wildman–Crippen LogP) is 1.47. The molecule has 6 nitrogen and oxygen atoms in total. The third-order valence-electron chi connectivity index (χ3n) is 5.05. The Labute approximate surface area is 147 Å². The van der Waals surface area contributed by atoms with Crippen LogP contribution in [-0.4, -0.2) is 75.5 Å². The zero-order valence-electron chi connectivity index (χ0n) is 15.9. The van der Waals surface area contributed by atoms with Crippen molar-refractivity contribution in [2.45, 2.75) is 58.2 Å². The first-order chi connectivity index (χ1) is 11.6. The normalized spacial score (nSPS) is 27.0. The highest BCUT2D eigenvalue weighted by atomic mass is 16.5. The van der Waals surface area contributed by atoms with Crippen molar-refractivity contribution in [3.63, 3.8) is 0 Å². The molecule has 0 spiro atoms. The molecule has 0 aromatic rings. The van der Waals surface area contributed by atoms with Gasteiger partial charge in [0, 0.05) is 58.6 Å². The molecule has 0 bridgehead atoms. The molecule has 2 rings (SSSR count). The van der Waals surface area contributed by atoms with Gasteiger partial charge in [0.1, 0.15) is 0 Å². The van der Waals surface area contributed by atoms with Gasteiger partial charge in [-0.2, -0.15) is 0 Å². The molecule has 0 amide bonds.